The van der Waals surface area contributed by atoms with Crippen LogP contribution in [0.1, 0.15) is 25.7 Å². The maximum absolute atomic E-state index is 8.59. The monoisotopic (exact) mass is 185 g/mol. The van der Waals surface area contributed by atoms with E-state index in [1.54, 1.807) is 0 Å². The molecular weight excluding hydrogens is 170 g/mol. The van der Waals surface area contributed by atoms with Gasteiger partial charge in [0.25, 0.3) is 0 Å². The molecule has 0 bridgehead atoms. The van der Waals surface area contributed by atoms with Gasteiger partial charge in [-0.3, -0.25) is 0 Å². The van der Waals surface area contributed by atoms with E-state index in [4.69, 9.17) is 14.7 Å². The summed E-state index contributed by atoms with van der Waals surface area (Å²) < 4.78 is 11.1. The average Bonchev–Trinajstić information content (AvgIpc) is 2.20. The Morgan fingerprint density at radius 1 is 1.23 bits per heavy atom. The molecule has 0 amide bonds. The van der Waals surface area contributed by atoms with Crippen molar-refractivity contribution < 1.29 is 14.7 Å². The quantitative estimate of drug-likeness (QED) is 0.455. The predicted octanol–water partition coefficient (Wildman–Crippen LogP) is 1.18. The van der Waals surface area contributed by atoms with Gasteiger partial charge >= 0.3 is 0 Å². The van der Waals surface area contributed by atoms with Crippen LogP contribution in [0.3, 0.4) is 0 Å². The standard InChI is InChI=1S/C9H15NO3/c11-10-8-1-3-9(4-2-8)7-12-5-6-13-9/h11H,1-7H2. The van der Waals surface area contributed by atoms with E-state index in [1.165, 1.54) is 0 Å². The summed E-state index contributed by atoms with van der Waals surface area (Å²) in [6.45, 7) is 2.11. The topological polar surface area (TPSA) is 51.1 Å². The van der Waals surface area contributed by atoms with Crippen LogP contribution in [0, 0.1) is 0 Å². The summed E-state index contributed by atoms with van der Waals surface area (Å²) in [6, 6.07) is 0. The number of oxime groups is 1. The molecule has 0 atom stereocenters. The highest BCUT2D eigenvalue weighted by Crippen LogP contribution is 2.32. The maximum atomic E-state index is 8.59. The molecule has 1 saturated heterocycles. The van der Waals surface area contributed by atoms with Gasteiger partial charge in [0.15, 0.2) is 0 Å². The number of ether oxygens (including phenoxy) is 2. The number of rotatable bonds is 0. The van der Waals surface area contributed by atoms with Crippen LogP contribution in [0.4, 0.5) is 0 Å². The van der Waals surface area contributed by atoms with Crippen LogP contribution in [0.25, 0.3) is 0 Å². The molecule has 2 rings (SSSR count). The van der Waals surface area contributed by atoms with Gasteiger partial charge in [0.05, 0.1) is 31.1 Å². The normalized spacial score (nSPS) is 34.9. The smallest absolute Gasteiger partial charge is 0.0923 e. The summed E-state index contributed by atoms with van der Waals surface area (Å²) >= 11 is 0. The van der Waals surface area contributed by atoms with Gasteiger partial charge in [-0.05, 0) is 25.7 Å². The van der Waals surface area contributed by atoms with E-state index in [0.29, 0.717) is 19.8 Å². The number of hydrogen-bond acceptors (Lipinski definition) is 4. The molecule has 74 valence electrons. The largest absolute Gasteiger partial charge is 0.411 e. The van der Waals surface area contributed by atoms with Crippen LogP contribution in [0.15, 0.2) is 5.16 Å². The second-order valence-corrected chi connectivity index (χ2v) is 3.75. The van der Waals surface area contributed by atoms with Gasteiger partial charge < -0.3 is 14.7 Å². The molecule has 2 aliphatic rings. The minimum atomic E-state index is -0.0769. The number of nitrogens with zero attached hydrogens (tertiary/aromatic N) is 1. The Hall–Kier alpha value is -0.610. The van der Waals surface area contributed by atoms with Crippen LogP contribution in [-0.4, -0.2) is 36.3 Å². The van der Waals surface area contributed by atoms with Crippen molar-refractivity contribution in [2.24, 2.45) is 5.16 Å². The molecule has 0 radical (unpaired) electrons. The Morgan fingerprint density at radius 3 is 2.54 bits per heavy atom. The highest BCUT2D eigenvalue weighted by molar-refractivity contribution is 5.84. The Labute approximate surface area is 77.5 Å². The fourth-order valence-corrected chi connectivity index (χ4v) is 2.00. The molecule has 2 fully saturated rings. The van der Waals surface area contributed by atoms with Gasteiger partial charge in [-0.15, -0.1) is 0 Å². The molecule has 1 heterocycles. The second kappa shape index (κ2) is 3.64. The summed E-state index contributed by atoms with van der Waals surface area (Å²) in [4.78, 5) is 0. The molecule has 1 aliphatic heterocycles. The second-order valence-electron chi connectivity index (χ2n) is 3.75. The van der Waals surface area contributed by atoms with Gasteiger partial charge in [-0.1, -0.05) is 5.16 Å². The highest BCUT2D eigenvalue weighted by Gasteiger charge is 2.37. The van der Waals surface area contributed by atoms with Crippen LogP contribution in [0.5, 0.6) is 0 Å². The van der Waals surface area contributed by atoms with Gasteiger partial charge in [-0.25, -0.2) is 0 Å². The molecule has 0 aromatic rings. The average molecular weight is 185 g/mol. The summed E-state index contributed by atoms with van der Waals surface area (Å²) in [5.74, 6) is 0. The van der Waals surface area contributed by atoms with Crippen LogP contribution in [-0.2, 0) is 9.47 Å². The first-order valence-electron chi connectivity index (χ1n) is 4.76. The molecule has 13 heavy (non-hydrogen) atoms. The zero-order chi connectivity index (χ0) is 9.15. The van der Waals surface area contributed by atoms with Crippen LogP contribution < -0.4 is 0 Å². The summed E-state index contributed by atoms with van der Waals surface area (Å²) in [5, 5.41) is 11.8. The molecule has 1 aliphatic carbocycles. The third-order valence-electron chi connectivity index (χ3n) is 2.88. The van der Waals surface area contributed by atoms with E-state index in [2.05, 4.69) is 5.16 Å². The Morgan fingerprint density at radius 2 is 2.00 bits per heavy atom. The van der Waals surface area contributed by atoms with Crippen LogP contribution >= 0.6 is 0 Å². The van der Waals surface area contributed by atoms with E-state index in [-0.39, 0.29) is 5.60 Å². The Balaban J connectivity index is 1.95. The number of hydrogen-bond donors (Lipinski definition) is 1. The first-order valence-corrected chi connectivity index (χ1v) is 4.76. The third kappa shape index (κ3) is 1.84. The van der Waals surface area contributed by atoms with Crippen molar-refractivity contribution in [3.05, 3.63) is 0 Å². The van der Waals surface area contributed by atoms with Gasteiger partial charge in [0, 0.05) is 0 Å². The zero-order valence-electron chi connectivity index (χ0n) is 7.66. The van der Waals surface area contributed by atoms with Crippen molar-refractivity contribution in [3.8, 4) is 0 Å². The van der Waals surface area contributed by atoms with Gasteiger partial charge in [0.1, 0.15) is 0 Å². The Bertz CT molecular complexity index is 197. The molecular formula is C9H15NO3. The van der Waals surface area contributed by atoms with Crippen molar-refractivity contribution >= 4 is 5.71 Å². The van der Waals surface area contributed by atoms with E-state index < -0.39 is 0 Å². The molecule has 4 heteroatoms. The first-order chi connectivity index (χ1) is 6.35. The van der Waals surface area contributed by atoms with Gasteiger partial charge in [-0.2, -0.15) is 0 Å². The lowest BCUT2D eigenvalue weighted by molar-refractivity contribution is -0.164. The molecule has 1 spiro atoms. The summed E-state index contributed by atoms with van der Waals surface area (Å²) in [6.07, 6.45) is 3.51. The van der Waals surface area contributed by atoms with Gasteiger partial charge in [0.2, 0.25) is 0 Å². The van der Waals surface area contributed by atoms with Crippen LogP contribution in [0.2, 0.25) is 0 Å². The minimum Gasteiger partial charge on any atom is -0.411 e. The van der Waals surface area contributed by atoms with E-state index in [1.807, 2.05) is 0 Å². The van der Waals surface area contributed by atoms with Crippen molar-refractivity contribution in [2.75, 3.05) is 19.8 Å². The summed E-state index contributed by atoms with van der Waals surface area (Å²) in [7, 11) is 0. The lowest BCUT2D eigenvalue weighted by Gasteiger charge is -2.39. The van der Waals surface area contributed by atoms with Crippen molar-refractivity contribution in [3.63, 3.8) is 0 Å². The van der Waals surface area contributed by atoms with Crippen molar-refractivity contribution in [1.82, 2.24) is 0 Å². The molecule has 1 N–H and O–H groups in total. The SMILES string of the molecule is ON=C1CCC2(CC1)COCCO2. The maximum Gasteiger partial charge on any atom is 0.0923 e. The summed E-state index contributed by atoms with van der Waals surface area (Å²) in [5.41, 5.74) is 0.812. The van der Waals surface area contributed by atoms with Crippen molar-refractivity contribution in [2.45, 2.75) is 31.3 Å². The predicted molar refractivity (Wildman–Crippen MR) is 47.2 cm³/mol. The fraction of sp³-hybridized carbons (Fsp3) is 0.889. The minimum absolute atomic E-state index is 0.0769. The fourth-order valence-electron chi connectivity index (χ4n) is 2.00. The van der Waals surface area contributed by atoms with Crippen molar-refractivity contribution in [1.29, 1.82) is 0 Å². The third-order valence-corrected chi connectivity index (χ3v) is 2.88. The molecule has 0 unspecified atom stereocenters. The molecule has 0 aromatic heterocycles. The molecule has 0 aromatic carbocycles. The van der Waals surface area contributed by atoms with E-state index in [9.17, 15) is 0 Å². The van der Waals surface area contributed by atoms with E-state index >= 15 is 0 Å². The lowest BCUT2D eigenvalue weighted by atomic mass is 9.84. The van der Waals surface area contributed by atoms with E-state index in [0.717, 1.165) is 31.4 Å². The molecule has 1 saturated carbocycles. The Kier molecular flexibility index (Phi) is 2.51. The first kappa shape index (κ1) is 8.97. The lowest BCUT2D eigenvalue weighted by Crippen LogP contribution is -2.46. The molecule has 4 nitrogen and oxygen atoms in total. The highest BCUT2D eigenvalue weighted by atomic mass is 16.6. The zero-order valence-corrected chi connectivity index (χ0v) is 7.66.